The predicted molar refractivity (Wildman–Crippen MR) is 257 cm³/mol. The van der Waals surface area contributed by atoms with Crippen LogP contribution >= 0.6 is 25.3 Å². The van der Waals surface area contributed by atoms with Crippen molar-refractivity contribution in [3.63, 3.8) is 0 Å². The summed E-state index contributed by atoms with van der Waals surface area (Å²) < 4.78 is 0. The number of aliphatic carboxylic acids is 1. The smallest absolute Gasteiger partial charge is 0.327 e. The molecule has 4 rings (SSSR count). The number of unbranched alkanes of at least 4 members (excludes halogenated alkanes) is 1. The van der Waals surface area contributed by atoms with E-state index in [-0.39, 0.29) is 42.9 Å². The number of nitrogens with two attached hydrogens (primary N) is 2. The van der Waals surface area contributed by atoms with E-state index < -0.39 is 89.6 Å². The van der Waals surface area contributed by atoms with E-state index in [1.54, 1.807) is 32.2 Å². The van der Waals surface area contributed by atoms with Gasteiger partial charge >= 0.3 is 5.97 Å². The van der Waals surface area contributed by atoms with Crippen LogP contribution in [-0.4, -0.2) is 117 Å². The number of aromatic amines is 1. The normalized spacial score (nSPS) is 14.4. The number of nitrogens with one attached hydrogen (secondary N) is 7. The molecule has 356 valence electrons. The van der Waals surface area contributed by atoms with Gasteiger partial charge in [0.15, 0.2) is 0 Å². The van der Waals surface area contributed by atoms with Crippen molar-refractivity contribution in [3.8, 4) is 5.75 Å². The Morgan fingerprint density at radius 3 is 1.74 bits per heavy atom. The monoisotopic (exact) mass is 947 g/mol. The van der Waals surface area contributed by atoms with Gasteiger partial charge in [0, 0.05) is 41.4 Å². The fraction of sp³-hybridized carbons (Fsp3) is 0.413. The minimum absolute atomic E-state index is 0.0311. The number of para-hydroxylation sites is 1. The summed E-state index contributed by atoms with van der Waals surface area (Å²) in [6.07, 6.45) is 2.69. The van der Waals surface area contributed by atoms with Crippen LogP contribution in [0.5, 0.6) is 5.75 Å². The van der Waals surface area contributed by atoms with E-state index in [2.05, 4.69) is 62.1 Å². The van der Waals surface area contributed by atoms with Crippen LogP contribution in [0.4, 0.5) is 0 Å². The largest absolute Gasteiger partial charge is 0.508 e. The number of H-pyrrole nitrogens is 1. The zero-order chi connectivity index (χ0) is 48.3. The molecule has 6 amide bonds. The van der Waals surface area contributed by atoms with Crippen molar-refractivity contribution >= 4 is 77.6 Å². The number of aromatic hydroxyl groups is 1. The van der Waals surface area contributed by atoms with Crippen molar-refractivity contribution in [2.24, 2.45) is 17.4 Å². The number of fused-ring (bicyclic) bond motifs is 1. The number of carboxylic acids is 1. The molecule has 0 unspecified atom stereocenters. The Hall–Kier alpha value is -6.09. The van der Waals surface area contributed by atoms with Gasteiger partial charge in [-0.1, -0.05) is 74.5 Å². The lowest BCUT2D eigenvalue weighted by Crippen LogP contribution is -2.61. The number of carbonyl (C=O) groups excluding carboxylic acids is 6. The molecule has 0 radical (unpaired) electrons. The number of aromatic nitrogens is 1. The number of hydrogen-bond donors (Lipinski definition) is 13. The molecule has 0 saturated carbocycles. The van der Waals surface area contributed by atoms with Gasteiger partial charge in [-0.2, -0.15) is 25.3 Å². The topological polar surface area (TPSA) is 300 Å². The molecular weight excluding hydrogens is 887 g/mol. The van der Waals surface area contributed by atoms with Gasteiger partial charge in [0.25, 0.3) is 0 Å². The number of phenols is 1. The lowest BCUT2D eigenvalue weighted by molar-refractivity contribution is -0.142. The van der Waals surface area contributed by atoms with Crippen molar-refractivity contribution in [1.82, 2.24) is 36.9 Å². The Kier molecular flexibility index (Phi) is 20.8. The molecule has 1 heterocycles. The maximum atomic E-state index is 14.5. The van der Waals surface area contributed by atoms with Crippen LogP contribution in [0.1, 0.15) is 49.8 Å². The van der Waals surface area contributed by atoms with Gasteiger partial charge in [-0.3, -0.25) is 28.8 Å². The fourth-order valence-corrected chi connectivity index (χ4v) is 7.56. The molecular formula is C46H61N9O9S2. The molecule has 20 heteroatoms. The zero-order valence-electron chi connectivity index (χ0n) is 36.9. The lowest BCUT2D eigenvalue weighted by atomic mass is 10.00. The van der Waals surface area contributed by atoms with E-state index in [1.807, 2.05) is 54.6 Å². The molecule has 0 aliphatic heterocycles. The predicted octanol–water partition coefficient (Wildman–Crippen LogP) is 0.867. The summed E-state index contributed by atoms with van der Waals surface area (Å²) >= 11 is 8.31. The van der Waals surface area contributed by atoms with Gasteiger partial charge < -0.3 is 58.6 Å². The SMILES string of the molecule is CC(C)[C@H](NC(=O)[C@H](CCCCN)NC(=O)[C@@H](Cc1c[nH]c2ccccc12)NC(=O)[C@H](Cc1ccc(O)cc1)NC(=O)[C@H](CS)NC(=O)[C@H](N)Cc1ccccc1)C(=O)N[C@@H](CS)C(=O)O. The third kappa shape index (κ3) is 15.8. The summed E-state index contributed by atoms with van der Waals surface area (Å²) in [6.45, 7) is 3.62. The Morgan fingerprint density at radius 1 is 0.606 bits per heavy atom. The number of amides is 6. The minimum Gasteiger partial charge on any atom is -0.508 e. The van der Waals surface area contributed by atoms with E-state index >= 15 is 0 Å². The van der Waals surface area contributed by atoms with Gasteiger partial charge in [-0.15, -0.1) is 0 Å². The quantitative estimate of drug-likeness (QED) is 0.0310. The number of phenolic OH excluding ortho intramolecular Hbond substituents is 1. The highest BCUT2D eigenvalue weighted by molar-refractivity contribution is 7.80. The molecule has 0 spiro atoms. The highest BCUT2D eigenvalue weighted by Gasteiger charge is 2.35. The molecule has 3 aromatic carbocycles. The van der Waals surface area contributed by atoms with Crippen LogP contribution in [0.3, 0.4) is 0 Å². The number of hydrogen-bond acceptors (Lipinski definition) is 12. The Balaban J connectivity index is 1.63. The molecule has 18 nitrogen and oxygen atoms in total. The van der Waals surface area contributed by atoms with Gasteiger partial charge in [-0.05, 0) is 73.0 Å². The zero-order valence-corrected chi connectivity index (χ0v) is 38.7. The molecule has 13 N–H and O–H groups in total. The minimum atomic E-state index is -1.35. The molecule has 66 heavy (non-hydrogen) atoms. The maximum absolute atomic E-state index is 14.5. The number of benzene rings is 3. The van der Waals surface area contributed by atoms with Crippen molar-refractivity contribution in [3.05, 3.63) is 102 Å². The van der Waals surface area contributed by atoms with Crippen molar-refractivity contribution < 1.29 is 43.8 Å². The third-order valence-corrected chi connectivity index (χ3v) is 11.5. The first-order valence-corrected chi connectivity index (χ1v) is 22.9. The second-order valence-electron chi connectivity index (χ2n) is 16.3. The van der Waals surface area contributed by atoms with Crippen molar-refractivity contribution in [2.75, 3.05) is 18.1 Å². The summed E-state index contributed by atoms with van der Waals surface area (Å²) in [7, 11) is 0. The van der Waals surface area contributed by atoms with E-state index in [9.17, 15) is 43.8 Å². The molecule has 0 saturated heterocycles. The Labute approximate surface area is 394 Å². The summed E-state index contributed by atoms with van der Waals surface area (Å²) in [5.41, 5.74) is 14.7. The Morgan fingerprint density at radius 2 is 1.14 bits per heavy atom. The summed E-state index contributed by atoms with van der Waals surface area (Å²) in [5.74, 6) is -6.61. The van der Waals surface area contributed by atoms with Crippen LogP contribution in [0.25, 0.3) is 10.9 Å². The number of thiol groups is 2. The summed E-state index contributed by atoms with van der Waals surface area (Å²) in [4.78, 5) is 98.2. The van der Waals surface area contributed by atoms with E-state index in [0.717, 1.165) is 16.5 Å². The van der Waals surface area contributed by atoms with Crippen LogP contribution in [0, 0.1) is 5.92 Å². The van der Waals surface area contributed by atoms with Gasteiger partial charge in [0.1, 0.15) is 42.0 Å². The second-order valence-corrected chi connectivity index (χ2v) is 17.0. The average molecular weight is 948 g/mol. The second kappa shape index (κ2) is 26.2. The van der Waals surface area contributed by atoms with Gasteiger partial charge in [-0.25, -0.2) is 4.79 Å². The standard InChI is InChI=1S/C46H61N9O9S2/c1-26(2)39(45(62)54-38(25-66)46(63)64)55-41(58)34(14-8-9-19-47)50-43(60)36(22-29-23-49-33-13-7-6-12-31(29)33)52-42(59)35(21-28-15-17-30(56)18-16-28)51-44(61)37(24-65)53-40(57)32(48)20-27-10-4-3-5-11-27/h3-7,10-13,15-18,23,26,32,34-39,49,56,65-66H,8-9,14,19-22,24-25,47-48H2,1-2H3,(H,50,60)(H,51,61)(H,52,59)(H,53,57)(H,54,62)(H,55,58)(H,63,64)/t32-,34+,35+,36-,37+,38+,39+/m1/s1. The van der Waals surface area contributed by atoms with Crippen molar-refractivity contribution in [1.29, 1.82) is 0 Å². The van der Waals surface area contributed by atoms with Crippen LogP contribution in [0.2, 0.25) is 0 Å². The number of carboxylic acid groups (broad SMARTS) is 1. The highest BCUT2D eigenvalue weighted by atomic mass is 32.1. The molecule has 4 aromatic rings. The molecule has 1 aromatic heterocycles. The first kappa shape index (κ1) is 52.5. The number of carbonyl (C=O) groups is 7. The van der Waals surface area contributed by atoms with Crippen molar-refractivity contribution in [2.45, 2.75) is 94.7 Å². The molecule has 0 bridgehead atoms. The first-order valence-electron chi connectivity index (χ1n) is 21.6. The van der Waals surface area contributed by atoms with Crippen LogP contribution in [0.15, 0.2) is 85.1 Å². The third-order valence-electron chi connectivity index (χ3n) is 10.8. The fourth-order valence-electron chi connectivity index (χ4n) is 7.05. The Bertz CT molecular complexity index is 2260. The maximum Gasteiger partial charge on any atom is 0.327 e. The molecule has 0 aliphatic carbocycles. The van der Waals surface area contributed by atoms with E-state index in [0.29, 0.717) is 30.5 Å². The first-order chi connectivity index (χ1) is 31.5. The van der Waals surface area contributed by atoms with E-state index in [1.165, 1.54) is 12.1 Å². The van der Waals surface area contributed by atoms with Gasteiger partial charge in [0.2, 0.25) is 35.4 Å². The lowest BCUT2D eigenvalue weighted by Gasteiger charge is -2.28. The van der Waals surface area contributed by atoms with Crippen LogP contribution < -0.4 is 43.4 Å². The summed E-state index contributed by atoms with van der Waals surface area (Å²) in [6, 6.07) is 13.7. The van der Waals surface area contributed by atoms with Crippen LogP contribution in [-0.2, 0) is 52.8 Å². The molecule has 0 fully saturated rings. The van der Waals surface area contributed by atoms with Gasteiger partial charge in [0.05, 0.1) is 6.04 Å². The highest BCUT2D eigenvalue weighted by Crippen LogP contribution is 2.20. The number of rotatable bonds is 26. The van der Waals surface area contributed by atoms with E-state index in [4.69, 9.17) is 11.5 Å². The molecule has 0 aliphatic rings. The molecule has 7 atom stereocenters. The summed E-state index contributed by atoms with van der Waals surface area (Å²) in [5, 5.41) is 36.2. The average Bonchev–Trinajstić information content (AvgIpc) is 3.71.